The summed E-state index contributed by atoms with van der Waals surface area (Å²) in [7, 11) is 1.61. The predicted octanol–water partition coefficient (Wildman–Crippen LogP) is 2.30. The highest BCUT2D eigenvalue weighted by molar-refractivity contribution is 7.80. The summed E-state index contributed by atoms with van der Waals surface area (Å²) in [6, 6.07) is 5.63. The Hall–Kier alpha value is -1.82. The largest absolute Gasteiger partial charge is 0.493 e. The lowest BCUT2D eigenvalue weighted by atomic mass is 10.2. The molecule has 20 heavy (non-hydrogen) atoms. The van der Waals surface area contributed by atoms with Gasteiger partial charge >= 0.3 is 0 Å². The van der Waals surface area contributed by atoms with E-state index in [1.807, 2.05) is 39.0 Å². The molecule has 0 radical (unpaired) electrons. The van der Waals surface area contributed by atoms with E-state index in [1.54, 1.807) is 13.3 Å². The Morgan fingerprint density at radius 1 is 1.40 bits per heavy atom. The molecule has 0 amide bonds. The molecule has 2 N–H and O–H groups in total. The molecule has 0 aliphatic carbocycles. The molecule has 0 unspecified atom stereocenters. The number of methoxy groups -OCH3 is 1. The number of ether oxygens (including phenoxy) is 2. The first kappa shape index (κ1) is 16.2. The molecule has 0 heterocycles. The number of thiocarbonyl (C=S) groups is 1. The number of benzene rings is 1. The molecule has 1 aromatic carbocycles. The molecule has 0 atom stereocenters. The van der Waals surface area contributed by atoms with E-state index in [-0.39, 0.29) is 6.10 Å². The smallest absolute Gasteiger partial charge is 0.186 e. The molecule has 0 saturated heterocycles. The van der Waals surface area contributed by atoms with E-state index in [2.05, 4.69) is 15.8 Å². The first-order valence-electron chi connectivity index (χ1n) is 6.48. The molecule has 0 aliphatic heterocycles. The molecule has 1 rings (SSSR count). The van der Waals surface area contributed by atoms with Gasteiger partial charge in [0.25, 0.3) is 0 Å². The fourth-order valence-electron chi connectivity index (χ4n) is 1.48. The average Bonchev–Trinajstić information content (AvgIpc) is 2.40. The summed E-state index contributed by atoms with van der Waals surface area (Å²) in [5.41, 5.74) is 3.63. The van der Waals surface area contributed by atoms with Crippen LogP contribution in [-0.4, -0.2) is 31.1 Å². The second-order valence-corrected chi connectivity index (χ2v) is 4.71. The van der Waals surface area contributed by atoms with Gasteiger partial charge in [0.1, 0.15) is 0 Å². The van der Waals surface area contributed by atoms with Crippen molar-refractivity contribution in [2.45, 2.75) is 26.9 Å². The van der Waals surface area contributed by atoms with Gasteiger partial charge in [-0.1, -0.05) is 0 Å². The van der Waals surface area contributed by atoms with E-state index in [1.165, 1.54) is 0 Å². The maximum atomic E-state index is 5.65. The Kier molecular flexibility index (Phi) is 6.79. The van der Waals surface area contributed by atoms with E-state index < -0.39 is 0 Å². The van der Waals surface area contributed by atoms with Crippen molar-refractivity contribution in [1.82, 2.24) is 10.7 Å². The lowest BCUT2D eigenvalue weighted by molar-refractivity contribution is 0.230. The maximum absolute atomic E-state index is 5.65. The highest BCUT2D eigenvalue weighted by atomic mass is 32.1. The fraction of sp³-hybridized carbons (Fsp3) is 0.429. The molecular weight excluding hydrogens is 274 g/mol. The Labute approximate surface area is 125 Å². The molecule has 0 aliphatic rings. The monoisotopic (exact) mass is 295 g/mol. The van der Waals surface area contributed by atoms with Gasteiger partial charge in [0.15, 0.2) is 16.6 Å². The van der Waals surface area contributed by atoms with Crippen LogP contribution >= 0.6 is 12.2 Å². The van der Waals surface area contributed by atoms with Crippen LogP contribution in [0.4, 0.5) is 0 Å². The first-order valence-corrected chi connectivity index (χ1v) is 6.89. The summed E-state index contributed by atoms with van der Waals surface area (Å²) in [4.78, 5) is 0. The summed E-state index contributed by atoms with van der Waals surface area (Å²) in [6.07, 6.45) is 1.77. The molecule has 110 valence electrons. The minimum absolute atomic E-state index is 0.0996. The Morgan fingerprint density at radius 3 is 2.75 bits per heavy atom. The topological polar surface area (TPSA) is 54.9 Å². The molecule has 0 fully saturated rings. The molecule has 0 bridgehead atoms. The van der Waals surface area contributed by atoms with Crippen LogP contribution in [0.5, 0.6) is 11.5 Å². The second-order valence-electron chi connectivity index (χ2n) is 4.31. The fourth-order valence-corrected chi connectivity index (χ4v) is 1.68. The highest BCUT2D eigenvalue weighted by Crippen LogP contribution is 2.28. The van der Waals surface area contributed by atoms with Gasteiger partial charge in [-0.15, -0.1) is 0 Å². The van der Waals surface area contributed by atoms with Crippen molar-refractivity contribution in [3.8, 4) is 11.5 Å². The third-order valence-corrected chi connectivity index (χ3v) is 2.50. The van der Waals surface area contributed by atoms with Gasteiger partial charge < -0.3 is 14.8 Å². The minimum Gasteiger partial charge on any atom is -0.493 e. The number of nitrogens with zero attached hydrogens (tertiary/aromatic N) is 1. The average molecular weight is 295 g/mol. The van der Waals surface area contributed by atoms with E-state index in [9.17, 15) is 0 Å². The van der Waals surface area contributed by atoms with E-state index >= 15 is 0 Å². The lowest BCUT2D eigenvalue weighted by Crippen LogP contribution is -2.31. The molecule has 0 aromatic heterocycles. The Bertz CT molecular complexity index is 475. The van der Waals surface area contributed by atoms with Crippen molar-refractivity contribution >= 4 is 23.5 Å². The van der Waals surface area contributed by atoms with Crippen LogP contribution in [0.1, 0.15) is 26.3 Å². The highest BCUT2D eigenvalue weighted by Gasteiger charge is 2.06. The quantitative estimate of drug-likeness (QED) is 0.479. The molecule has 0 spiro atoms. The van der Waals surface area contributed by atoms with E-state index in [4.69, 9.17) is 21.7 Å². The number of rotatable bonds is 6. The number of nitrogens with one attached hydrogen (secondary N) is 2. The maximum Gasteiger partial charge on any atom is 0.186 e. The normalized spacial score (nSPS) is 10.7. The molecule has 1 aromatic rings. The first-order chi connectivity index (χ1) is 9.56. The van der Waals surface area contributed by atoms with Crippen molar-refractivity contribution in [2.75, 3.05) is 13.7 Å². The summed E-state index contributed by atoms with van der Waals surface area (Å²) in [5.74, 6) is 1.40. The van der Waals surface area contributed by atoms with Crippen LogP contribution in [0.2, 0.25) is 0 Å². The Balaban J connectivity index is 2.72. The minimum atomic E-state index is 0.0996. The van der Waals surface area contributed by atoms with Gasteiger partial charge in [-0.2, -0.15) is 5.10 Å². The van der Waals surface area contributed by atoms with Crippen molar-refractivity contribution in [3.63, 3.8) is 0 Å². The van der Waals surface area contributed by atoms with Crippen molar-refractivity contribution in [3.05, 3.63) is 23.8 Å². The zero-order valence-electron chi connectivity index (χ0n) is 12.3. The summed E-state index contributed by atoms with van der Waals surface area (Å²) in [5, 5.41) is 7.49. The third kappa shape index (κ3) is 5.44. The zero-order valence-corrected chi connectivity index (χ0v) is 13.1. The van der Waals surface area contributed by atoms with E-state index in [0.717, 1.165) is 17.9 Å². The zero-order chi connectivity index (χ0) is 15.0. The van der Waals surface area contributed by atoms with E-state index in [0.29, 0.717) is 10.9 Å². The van der Waals surface area contributed by atoms with Crippen molar-refractivity contribution in [2.24, 2.45) is 5.10 Å². The van der Waals surface area contributed by atoms with Crippen LogP contribution in [0.15, 0.2) is 23.3 Å². The number of hydrogen-bond acceptors (Lipinski definition) is 4. The molecule has 0 saturated carbocycles. The number of hydrogen-bond donors (Lipinski definition) is 2. The summed E-state index contributed by atoms with van der Waals surface area (Å²) >= 11 is 5.00. The van der Waals surface area contributed by atoms with Gasteiger partial charge in [0, 0.05) is 6.54 Å². The van der Waals surface area contributed by atoms with Crippen LogP contribution in [0.25, 0.3) is 0 Å². The van der Waals surface area contributed by atoms with Crippen LogP contribution in [0.3, 0.4) is 0 Å². The van der Waals surface area contributed by atoms with Crippen LogP contribution in [0, 0.1) is 0 Å². The lowest BCUT2D eigenvalue weighted by Gasteiger charge is -2.13. The molecule has 5 nitrogen and oxygen atoms in total. The summed E-state index contributed by atoms with van der Waals surface area (Å²) < 4.78 is 11.0. The molecule has 6 heteroatoms. The standard InChI is InChI=1S/C14H21N3O2S/c1-5-15-14(20)17-16-9-11-6-7-12(19-10(2)3)13(8-11)18-4/h6-10H,5H2,1-4H3,(H2,15,17,20)/b16-9-. The van der Waals surface area contributed by atoms with Crippen LogP contribution in [-0.2, 0) is 0 Å². The SMILES string of the molecule is CCNC(=S)N/N=C\c1ccc(OC(C)C)c(OC)c1. The second kappa shape index (κ2) is 8.37. The predicted molar refractivity (Wildman–Crippen MR) is 85.8 cm³/mol. The van der Waals surface area contributed by atoms with Gasteiger partial charge in [0.2, 0.25) is 0 Å². The van der Waals surface area contributed by atoms with Gasteiger partial charge in [-0.25, -0.2) is 0 Å². The number of hydrazone groups is 1. The summed E-state index contributed by atoms with van der Waals surface area (Å²) in [6.45, 7) is 6.67. The van der Waals surface area contributed by atoms with Crippen molar-refractivity contribution in [1.29, 1.82) is 0 Å². The Morgan fingerprint density at radius 2 is 2.15 bits per heavy atom. The molecular formula is C14H21N3O2S. The van der Waals surface area contributed by atoms with Crippen molar-refractivity contribution < 1.29 is 9.47 Å². The third-order valence-electron chi connectivity index (χ3n) is 2.27. The van der Waals surface area contributed by atoms with Gasteiger partial charge in [0.05, 0.1) is 19.4 Å². The van der Waals surface area contributed by atoms with Crippen LogP contribution < -0.4 is 20.2 Å². The van der Waals surface area contributed by atoms with Gasteiger partial charge in [-0.3, -0.25) is 5.43 Å². The van der Waals surface area contributed by atoms with Gasteiger partial charge in [-0.05, 0) is 56.8 Å².